The smallest absolute Gasteiger partial charge is 0.270 e. The van der Waals surface area contributed by atoms with Crippen molar-refractivity contribution in [3.8, 4) is 0 Å². The highest BCUT2D eigenvalue weighted by Gasteiger charge is 2.37. The van der Waals surface area contributed by atoms with Crippen LogP contribution in [0, 0.1) is 15.9 Å². The van der Waals surface area contributed by atoms with Gasteiger partial charge in [-0.05, 0) is 18.2 Å². The van der Waals surface area contributed by atoms with Crippen LogP contribution >= 0.6 is 11.6 Å². The van der Waals surface area contributed by atoms with Crippen LogP contribution in [-0.2, 0) is 6.54 Å². The molecule has 0 N–H and O–H groups in total. The molecule has 2 amide bonds. The van der Waals surface area contributed by atoms with E-state index < -0.39 is 22.6 Å². The predicted octanol–water partition coefficient (Wildman–Crippen LogP) is 3.18. The lowest BCUT2D eigenvalue weighted by atomic mass is 10.1. The molecule has 0 spiro atoms. The number of benzene rings is 2. The summed E-state index contributed by atoms with van der Waals surface area (Å²) in [6.07, 6.45) is 0. The van der Waals surface area contributed by atoms with Crippen molar-refractivity contribution in [2.24, 2.45) is 0 Å². The van der Waals surface area contributed by atoms with Crippen LogP contribution < -0.4 is 0 Å². The summed E-state index contributed by atoms with van der Waals surface area (Å²) < 4.78 is 13.8. The Bertz CT molecular complexity index is 848. The highest BCUT2D eigenvalue weighted by molar-refractivity contribution is 6.31. The summed E-state index contributed by atoms with van der Waals surface area (Å²) in [7, 11) is 0. The van der Waals surface area contributed by atoms with Gasteiger partial charge in [0.05, 0.1) is 22.6 Å². The molecule has 0 fully saturated rings. The van der Waals surface area contributed by atoms with Crippen LogP contribution in [0.5, 0.6) is 0 Å². The van der Waals surface area contributed by atoms with Crippen molar-refractivity contribution >= 4 is 29.1 Å². The van der Waals surface area contributed by atoms with Crippen LogP contribution in [0.1, 0.15) is 26.3 Å². The van der Waals surface area contributed by atoms with Crippen LogP contribution in [0.4, 0.5) is 10.1 Å². The van der Waals surface area contributed by atoms with E-state index in [1.54, 1.807) is 0 Å². The minimum absolute atomic E-state index is 0.0122. The van der Waals surface area contributed by atoms with Gasteiger partial charge in [0.15, 0.2) is 0 Å². The van der Waals surface area contributed by atoms with E-state index >= 15 is 0 Å². The average molecular weight is 335 g/mol. The van der Waals surface area contributed by atoms with Gasteiger partial charge in [-0.25, -0.2) is 4.39 Å². The summed E-state index contributed by atoms with van der Waals surface area (Å²) in [5.74, 6) is -1.99. The number of hydrogen-bond donors (Lipinski definition) is 0. The van der Waals surface area contributed by atoms with Crippen LogP contribution in [0.3, 0.4) is 0 Å². The number of hydrogen-bond acceptors (Lipinski definition) is 4. The lowest BCUT2D eigenvalue weighted by molar-refractivity contribution is -0.384. The fraction of sp³-hybridized carbons (Fsp3) is 0.0667. The molecule has 0 bridgehead atoms. The fourth-order valence-electron chi connectivity index (χ4n) is 2.38. The lowest BCUT2D eigenvalue weighted by Gasteiger charge is -2.15. The number of halogens is 2. The van der Waals surface area contributed by atoms with E-state index in [9.17, 15) is 24.1 Å². The first-order valence-corrected chi connectivity index (χ1v) is 6.85. The molecule has 0 saturated heterocycles. The van der Waals surface area contributed by atoms with Gasteiger partial charge in [-0.15, -0.1) is 0 Å². The molecule has 2 aromatic rings. The quantitative estimate of drug-likeness (QED) is 0.490. The van der Waals surface area contributed by atoms with Gasteiger partial charge in [0.1, 0.15) is 5.82 Å². The van der Waals surface area contributed by atoms with E-state index in [2.05, 4.69) is 0 Å². The van der Waals surface area contributed by atoms with Gasteiger partial charge in [0, 0.05) is 22.7 Å². The van der Waals surface area contributed by atoms with Crippen molar-refractivity contribution in [3.63, 3.8) is 0 Å². The van der Waals surface area contributed by atoms with Crippen molar-refractivity contribution < 1.29 is 18.9 Å². The Morgan fingerprint density at radius 2 is 1.83 bits per heavy atom. The molecule has 1 aliphatic heterocycles. The Kier molecular flexibility index (Phi) is 3.57. The van der Waals surface area contributed by atoms with Gasteiger partial charge in [0.2, 0.25) is 0 Å². The minimum atomic E-state index is -0.715. The number of non-ortho nitro benzene ring substituents is 1. The Morgan fingerprint density at radius 3 is 2.48 bits per heavy atom. The topological polar surface area (TPSA) is 80.5 Å². The highest BCUT2D eigenvalue weighted by Crippen LogP contribution is 2.30. The van der Waals surface area contributed by atoms with Crippen molar-refractivity contribution in [2.45, 2.75) is 6.54 Å². The van der Waals surface area contributed by atoms with Crippen molar-refractivity contribution in [3.05, 3.63) is 74.0 Å². The first-order valence-electron chi connectivity index (χ1n) is 6.47. The Morgan fingerprint density at radius 1 is 1.13 bits per heavy atom. The number of imide groups is 1. The molecule has 0 aliphatic carbocycles. The Hall–Kier alpha value is -2.80. The van der Waals surface area contributed by atoms with E-state index in [-0.39, 0.29) is 33.9 Å². The summed E-state index contributed by atoms with van der Waals surface area (Å²) in [6, 6.07) is 7.43. The maximum Gasteiger partial charge on any atom is 0.270 e. The third kappa shape index (κ3) is 2.44. The third-order valence-corrected chi connectivity index (χ3v) is 3.90. The Labute approximate surface area is 134 Å². The van der Waals surface area contributed by atoms with Crippen molar-refractivity contribution in [1.82, 2.24) is 4.90 Å². The van der Waals surface area contributed by atoms with E-state index in [0.717, 1.165) is 17.0 Å². The number of nitrogens with zero attached hydrogens (tertiary/aromatic N) is 2. The number of carbonyl (C=O) groups excluding carboxylic acids is 2. The number of carbonyl (C=O) groups is 2. The van der Waals surface area contributed by atoms with Crippen molar-refractivity contribution in [1.29, 1.82) is 0 Å². The standard InChI is InChI=1S/C15H8ClFN2O4/c16-12-2-1-3-13(17)11(12)7-18-14(20)9-5-4-8(19(22)23)6-10(9)15(18)21/h1-6H,7H2. The molecular formula is C15H8ClFN2O4. The molecule has 1 aliphatic rings. The molecule has 3 rings (SSSR count). The molecule has 0 saturated carbocycles. The third-order valence-electron chi connectivity index (χ3n) is 3.54. The molecule has 1 heterocycles. The van der Waals surface area contributed by atoms with Gasteiger partial charge in [0.25, 0.3) is 17.5 Å². The molecule has 2 aromatic carbocycles. The number of nitro groups is 1. The molecule has 0 atom stereocenters. The zero-order chi connectivity index (χ0) is 16.7. The number of nitro benzene ring substituents is 1. The normalized spacial score (nSPS) is 13.4. The molecule has 0 radical (unpaired) electrons. The molecular weight excluding hydrogens is 327 g/mol. The Balaban J connectivity index is 1.99. The van der Waals surface area contributed by atoms with Gasteiger partial charge in [-0.2, -0.15) is 0 Å². The van der Waals surface area contributed by atoms with Gasteiger partial charge < -0.3 is 0 Å². The number of fused-ring (bicyclic) bond motifs is 1. The SMILES string of the molecule is O=C1c2ccc([N+](=O)[O-])cc2C(=O)N1Cc1c(F)cccc1Cl. The summed E-state index contributed by atoms with van der Waals surface area (Å²) in [4.78, 5) is 35.6. The second-order valence-electron chi connectivity index (χ2n) is 4.88. The van der Waals surface area contributed by atoms with Gasteiger partial charge in [-0.3, -0.25) is 24.6 Å². The van der Waals surface area contributed by atoms with Gasteiger partial charge >= 0.3 is 0 Å². The minimum Gasteiger partial charge on any atom is -0.270 e. The van der Waals surface area contributed by atoms with Crippen molar-refractivity contribution in [2.75, 3.05) is 0 Å². The second kappa shape index (κ2) is 5.44. The first kappa shape index (κ1) is 15.1. The summed E-state index contributed by atoms with van der Waals surface area (Å²) in [5.41, 5.74) is -0.307. The average Bonchev–Trinajstić information content (AvgIpc) is 2.75. The zero-order valence-corrected chi connectivity index (χ0v) is 12.2. The van der Waals surface area contributed by atoms with E-state index in [0.29, 0.717) is 0 Å². The van der Waals surface area contributed by atoms with Gasteiger partial charge in [-0.1, -0.05) is 17.7 Å². The number of rotatable bonds is 3. The highest BCUT2D eigenvalue weighted by atomic mass is 35.5. The van der Waals surface area contributed by atoms with Crippen LogP contribution in [0.2, 0.25) is 5.02 Å². The molecule has 116 valence electrons. The molecule has 8 heteroatoms. The number of amides is 2. The first-order chi connectivity index (χ1) is 10.9. The summed E-state index contributed by atoms with van der Waals surface area (Å²) >= 11 is 5.90. The summed E-state index contributed by atoms with van der Waals surface area (Å²) in [5, 5.41) is 10.9. The fourth-order valence-corrected chi connectivity index (χ4v) is 2.60. The largest absolute Gasteiger partial charge is 0.270 e. The van der Waals surface area contributed by atoms with Crippen LogP contribution in [-0.4, -0.2) is 21.6 Å². The van der Waals surface area contributed by atoms with E-state index in [1.165, 1.54) is 24.3 Å². The lowest BCUT2D eigenvalue weighted by Crippen LogP contribution is -2.29. The summed E-state index contributed by atoms with van der Waals surface area (Å²) in [6.45, 7) is -0.342. The molecule has 0 unspecified atom stereocenters. The molecule has 6 nitrogen and oxygen atoms in total. The maximum atomic E-state index is 13.8. The molecule has 23 heavy (non-hydrogen) atoms. The predicted molar refractivity (Wildman–Crippen MR) is 78.7 cm³/mol. The monoisotopic (exact) mass is 334 g/mol. The van der Waals surface area contributed by atoms with Crippen LogP contribution in [0.25, 0.3) is 0 Å². The van der Waals surface area contributed by atoms with Crippen LogP contribution in [0.15, 0.2) is 36.4 Å². The zero-order valence-electron chi connectivity index (χ0n) is 11.5. The van der Waals surface area contributed by atoms with E-state index in [4.69, 9.17) is 11.6 Å². The maximum absolute atomic E-state index is 13.8. The second-order valence-corrected chi connectivity index (χ2v) is 5.29. The van der Waals surface area contributed by atoms with E-state index in [1.807, 2.05) is 0 Å². The molecule has 0 aromatic heterocycles.